The average Bonchev–Trinajstić information content (AvgIpc) is 2.42. The zero-order valence-electron chi connectivity index (χ0n) is 5.22. The fraction of sp³-hybridized carbons (Fsp3) is 0.833. The zero-order chi connectivity index (χ0) is 6.48. The normalized spacial score (nSPS) is 36.1. The third kappa shape index (κ3) is 0.544. The van der Waals surface area contributed by atoms with Gasteiger partial charge in [0.25, 0.3) is 0 Å². The molecule has 1 atom stereocenters. The Morgan fingerprint density at radius 2 is 2.33 bits per heavy atom. The first-order valence-corrected chi connectivity index (χ1v) is 3.13. The fourth-order valence-corrected chi connectivity index (χ4v) is 1.16. The third-order valence-electron chi connectivity index (χ3n) is 2.04. The summed E-state index contributed by atoms with van der Waals surface area (Å²) >= 11 is 0. The van der Waals surface area contributed by atoms with Crippen molar-refractivity contribution in [3.8, 4) is 0 Å². The topological polar surface area (TPSA) is 35.5 Å². The van der Waals surface area contributed by atoms with Crippen molar-refractivity contribution in [2.24, 2.45) is 0 Å². The van der Waals surface area contributed by atoms with E-state index in [-0.39, 0.29) is 11.7 Å². The van der Waals surface area contributed by atoms with Crippen molar-refractivity contribution < 1.29 is 14.3 Å². The van der Waals surface area contributed by atoms with Gasteiger partial charge < -0.3 is 9.47 Å². The highest BCUT2D eigenvalue weighted by atomic mass is 16.8. The molecule has 1 spiro atoms. The van der Waals surface area contributed by atoms with E-state index in [4.69, 9.17) is 9.47 Å². The summed E-state index contributed by atoms with van der Waals surface area (Å²) in [6, 6.07) is 0. The van der Waals surface area contributed by atoms with Crippen LogP contribution in [0, 0.1) is 0 Å². The number of hydrogen-bond donors (Lipinski definition) is 0. The molecule has 1 aliphatic heterocycles. The molecule has 3 nitrogen and oxygen atoms in total. The molecule has 0 aromatic heterocycles. The largest absolute Gasteiger partial charge is 0.509 e. The first-order chi connectivity index (χ1) is 4.23. The van der Waals surface area contributed by atoms with Gasteiger partial charge in [0.15, 0.2) is 5.60 Å². The van der Waals surface area contributed by atoms with Crippen LogP contribution in [0.15, 0.2) is 0 Å². The minimum absolute atomic E-state index is 0.0231. The molecule has 3 heteroatoms. The number of hydrogen-bond acceptors (Lipinski definition) is 3. The van der Waals surface area contributed by atoms with Gasteiger partial charge in [0.2, 0.25) is 0 Å². The molecule has 1 heterocycles. The van der Waals surface area contributed by atoms with Gasteiger partial charge in [0.05, 0.1) is 0 Å². The standard InChI is InChI=1S/C6H8O3/c1-4-6(2-3-6)9-5(7)8-4/h4H,2-3H2,1H3. The maximum atomic E-state index is 10.5. The highest BCUT2D eigenvalue weighted by molar-refractivity contribution is 5.64. The Morgan fingerprint density at radius 1 is 1.67 bits per heavy atom. The Hall–Kier alpha value is -0.730. The van der Waals surface area contributed by atoms with E-state index in [1.165, 1.54) is 0 Å². The van der Waals surface area contributed by atoms with Crippen LogP contribution in [0.3, 0.4) is 0 Å². The first kappa shape index (κ1) is 5.09. The second-order valence-electron chi connectivity index (χ2n) is 2.68. The van der Waals surface area contributed by atoms with Crippen LogP contribution >= 0.6 is 0 Å². The Kier molecular flexibility index (Phi) is 0.693. The van der Waals surface area contributed by atoms with Crippen molar-refractivity contribution in [3.63, 3.8) is 0 Å². The highest BCUT2D eigenvalue weighted by Gasteiger charge is 2.58. The number of rotatable bonds is 0. The Balaban J connectivity index is 2.19. The van der Waals surface area contributed by atoms with Gasteiger partial charge in [-0.15, -0.1) is 0 Å². The van der Waals surface area contributed by atoms with Gasteiger partial charge in [-0.05, 0) is 19.8 Å². The molecule has 1 aliphatic carbocycles. The van der Waals surface area contributed by atoms with Crippen molar-refractivity contribution in [2.45, 2.75) is 31.5 Å². The van der Waals surface area contributed by atoms with Crippen molar-refractivity contribution in [1.29, 1.82) is 0 Å². The summed E-state index contributed by atoms with van der Waals surface area (Å²) in [6.45, 7) is 1.87. The number of ether oxygens (including phenoxy) is 2. The van der Waals surface area contributed by atoms with E-state index < -0.39 is 6.16 Å². The van der Waals surface area contributed by atoms with E-state index in [0.29, 0.717) is 0 Å². The molecule has 2 aliphatic rings. The third-order valence-corrected chi connectivity index (χ3v) is 2.04. The van der Waals surface area contributed by atoms with Crippen molar-refractivity contribution >= 4 is 6.16 Å². The lowest BCUT2D eigenvalue weighted by Gasteiger charge is -2.05. The van der Waals surface area contributed by atoms with Crippen molar-refractivity contribution in [3.05, 3.63) is 0 Å². The van der Waals surface area contributed by atoms with E-state index >= 15 is 0 Å². The smallest absolute Gasteiger partial charge is 0.427 e. The van der Waals surface area contributed by atoms with Gasteiger partial charge in [-0.1, -0.05) is 0 Å². The maximum Gasteiger partial charge on any atom is 0.509 e. The predicted octanol–water partition coefficient (Wildman–Crippen LogP) is 1.07. The monoisotopic (exact) mass is 128 g/mol. The summed E-state index contributed by atoms with van der Waals surface area (Å²) in [5.41, 5.74) is -0.197. The molecule has 50 valence electrons. The second-order valence-corrected chi connectivity index (χ2v) is 2.68. The van der Waals surface area contributed by atoms with Gasteiger partial charge >= 0.3 is 6.16 Å². The van der Waals surface area contributed by atoms with Crippen molar-refractivity contribution in [2.75, 3.05) is 0 Å². The quantitative estimate of drug-likeness (QED) is 0.458. The van der Waals surface area contributed by atoms with E-state index in [9.17, 15) is 4.79 Å². The molecule has 1 saturated carbocycles. The van der Waals surface area contributed by atoms with E-state index in [2.05, 4.69) is 0 Å². The summed E-state index contributed by atoms with van der Waals surface area (Å²) in [5, 5.41) is 0. The lowest BCUT2D eigenvalue weighted by Crippen LogP contribution is -2.19. The highest BCUT2D eigenvalue weighted by Crippen LogP contribution is 2.47. The van der Waals surface area contributed by atoms with Crippen LogP contribution in [0.2, 0.25) is 0 Å². The lowest BCUT2D eigenvalue weighted by molar-refractivity contribution is 0.112. The Morgan fingerprint density at radius 3 is 2.56 bits per heavy atom. The molecular weight excluding hydrogens is 120 g/mol. The van der Waals surface area contributed by atoms with Gasteiger partial charge in [0, 0.05) is 0 Å². The van der Waals surface area contributed by atoms with Crippen LogP contribution in [0.1, 0.15) is 19.8 Å². The molecule has 0 aromatic rings. The zero-order valence-corrected chi connectivity index (χ0v) is 5.22. The van der Waals surface area contributed by atoms with Gasteiger partial charge in [-0.3, -0.25) is 0 Å². The molecular formula is C6H8O3. The number of cyclic esters (lactones) is 1. The first-order valence-electron chi connectivity index (χ1n) is 3.13. The van der Waals surface area contributed by atoms with Crippen molar-refractivity contribution in [1.82, 2.24) is 0 Å². The van der Waals surface area contributed by atoms with Crippen LogP contribution in [0.25, 0.3) is 0 Å². The van der Waals surface area contributed by atoms with E-state index in [0.717, 1.165) is 12.8 Å². The minimum atomic E-state index is -0.500. The van der Waals surface area contributed by atoms with Crippen LogP contribution in [-0.4, -0.2) is 17.9 Å². The van der Waals surface area contributed by atoms with Crippen LogP contribution in [0.5, 0.6) is 0 Å². The molecule has 1 unspecified atom stereocenters. The molecule has 2 rings (SSSR count). The Bertz CT molecular complexity index is 160. The minimum Gasteiger partial charge on any atom is -0.427 e. The van der Waals surface area contributed by atoms with Gasteiger partial charge in [-0.2, -0.15) is 0 Å². The molecule has 2 fully saturated rings. The summed E-state index contributed by atoms with van der Waals surface area (Å²) in [4.78, 5) is 10.5. The summed E-state index contributed by atoms with van der Waals surface area (Å²) < 4.78 is 9.69. The average molecular weight is 128 g/mol. The molecule has 1 saturated heterocycles. The summed E-state index contributed by atoms with van der Waals surface area (Å²) in [6.07, 6.45) is 1.42. The number of carbonyl (C=O) groups excluding carboxylic acids is 1. The van der Waals surface area contributed by atoms with E-state index in [1.807, 2.05) is 6.92 Å². The molecule has 0 N–H and O–H groups in total. The second kappa shape index (κ2) is 1.23. The predicted molar refractivity (Wildman–Crippen MR) is 29.0 cm³/mol. The number of carbonyl (C=O) groups is 1. The molecule has 0 bridgehead atoms. The molecule has 0 radical (unpaired) electrons. The molecule has 0 aromatic carbocycles. The lowest BCUT2D eigenvalue weighted by atomic mass is 10.2. The van der Waals surface area contributed by atoms with Crippen LogP contribution in [-0.2, 0) is 9.47 Å². The maximum absolute atomic E-state index is 10.5. The summed E-state index contributed by atoms with van der Waals surface area (Å²) in [7, 11) is 0. The van der Waals surface area contributed by atoms with E-state index in [1.54, 1.807) is 0 Å². The summed E-state index contributed by atoms with van der Waals surface area (Å²) in [5.74, 6) is 0. The molecule has 9 heavy (non-hydrogen) atoms. The fourth-order valence-electron chi connectivity index (χ4n) is 1.16. The van der Waals surface area contributed by atoms with Gasteiger partial charge in [0.1, 0.15) is 6.10 Å². The van der Waals surface area contributed by atoms with Crippen LogP contribution < -0.4 is 0 Å². The SMILES string of the molecule is CC1OC(=O)OC12CC2. The molecule has 0 amide bonds. The van der Waals surface area contributed by atoms with Gasteiger partial charge in [-0.25, -0.2) is 4.79 Å². The van der Waals surface area contributed by atoms with Crippen LogP contribution in [0.4, 0.5) is 4.79 Å². The Labute approximate surface area is 52.9 Å².